The van der Waals surface area contributed by atoms with E-state index in [1.165, 1.54) is 18.4 Å². The van der Waals surface area contributed by atoms with Crippen molar-refractivity contribution in [3.05, 3.63) is 75.7 Å². The number of carbonyl (C=O) groups excluding carboxylic acids is 7. The van der Waals surface area contributed by atoms with E-state index in [-0.39, 0.29) is 97.1 Å². The fourth-order valence-corrected chi connectivity index (χ4v) is 14.7. The number of aliphatic carboxylic acids is 2. The number of anilines is 1. The number of nitrogens with two attached hydrogens (primary N) is 1. The van der Waals surface area contributed by atoms with Crippen LogP contribution in [0.4, 0.5) is 5.69 Å². The van der Waals surface area contributed by atoms with Gasteiger partial charge in [0.25, 0.3) is 11.8 Å². The maximum absolute atomic E-state index is 15.1. The van der Waals surface area contributed by atoms with Crippen LogP contribution in [0.25, 0.3) is 0 Å². The van der Waals surface area contributed by atoms with E-state index in [9.17, 15) is 59.1 Å². The Hall–Kier alpha value is -7.62. The molecule has 3 aromatic rings. The van der Waals surface area contributed by atoms with Crippen molar-refractivity contribution in [2.45, 2.75) is 192 Å². The van der Waals surface area contributed by atoms with Crippen molar-refractivity contribution in [1.82, 2.24) is 31.2 Å². The molecule has 2 saturated heterocycles. The molecule has 2 fully saturated rings. The first-order valence-corrected chi connectivity index (χ1v) is 44.2. The number of thiazole rings is 1. The number of likely N-dealkylation sites (N-methyl/N-ethyl adjacent to an activating group) is 2. The lowest BCUT2D eigenvalue weighted by Crippen LogP contribution is -2.63. The number of carbonyl (C=O) groups is 9. The summed E-state index contributed by atoms with van der Waals surface area (Å²) in [7, 11) is 5.18. The van der Waals surface area contributed by atoms with Crippen molar-refractivity contribution >= 4 is 70.4 Å². The number of aliphatic hydroxyl groups is 3. The first-order valence-electron chi connectivity index (χ1n) is 43.3. The zero-order valence-electron chi connectivity index (χ0n) is 74.2. The number of nitrogens with one attached hydrogen (secondary N) is 5. The highest BCUT2D eigenvalue weighted by atomic mass is 32.1. The quantitative estimate of drug-likeness (QED) is 0.0219. The second kappa shape index (κ2) is 61.8. The molecule has 14 atom stereocenters. The standard InChI is InChI=1S/C86H139N9O29S/c1-10-59(4)74(83(105)94(7)68(58(2)3)55-71(122-61(6)96)82-92-67(57-125-82)80(103)90-64(52-60(5)84(106)107)53-62-18-12-11-13-19-62)93-81(104)69-21-15-17-28-95(69,8)56-63-22-23-70(123-86-77(101)75(99)76(100)78(124-86)85(108)109)66(54-63)91-73(98)24-27-89-79(102)65(87)20-14-16-26-88-72(97)25-29-111-32-33-113-36-37-115-40-41-117-44-45-119-48-49-121-51-50-120-47-46-118-43-42-116-39-38-114-35-34-112-31-30-110-9/h11-13,18-19,22-23,54,57-60,64-65,68-69,71,74-78,86,99-101H,10,14-17,20-21,24-53,55-56,87H2,1-9H3,(H6-,88,89,90,91,93,97,98,102,103,104,106,107,108,109)/p+1/t59-,60-,64+,65-,68+,69+,71+,74-,75-,76-,77+,78-,86+,95?/m0/s1. The Balaban J connectivity index is 1.02. The summed E-state index contributed by atoms with van der Waals surface area (Å²) < 4.78 is 82.8. The van der Waals surface area contributed by atoms with E-state index in [0.717, 1.165) is 23.3 Å². The molecule has 1 aromatic heterocycles. The molecule has 39 heteroatoms. The van der Waals surface area contributed by atoms with E-state index < -0.39 is 114 Å². The Morgan fingerprint density at radius 2 is 1.20 bits per heavy atom. The van der Waals surface area contributed by atoms with E-state index in [1.54, 1.807) is 38.1 Å². The number of piperidine rings is 1. The summed E-state index contributed by atoms with van der Waals surface area (Å²) in [6.07, 6.45) is -6.76. The Bertz CT molecular complexity index is 3600. The van der Waals surface area contributed by atoms with E-state index >= 15 is 9.59 Å². The van der Waals surface area contributed by atoms with Gasteiger partial charge in [0, 0.05) is 82.9 Å². The summed E-state index contributed by atoms with van der Waals surface area (Å²) in [4.78, 5) is 126. The van der Waals surface area contributed by atoms with Crippen LogP contribution in [0.5, 0.6) is 5.75 Å². The summed E-state index contributed by atoms with van der Waals surface area (Å²) in [5.41, 5.74) is 7.76. The van der Waals surface area contributed by atoms with Gasteiger partial charge in [-0.05, 0) is 80.5 Å². The van der Waals surface area contributed by atoms with E-state index in [4.69, 9.17) is 76.8 Å². The van der Waals surface area contributed by atoms with Crippen LogP contribution in [-0.2, 0) is 118 Å². The van der Waals surface area contributed by atoms with Gasteiger partial charge in [0.2, 0.25) is 29.9 Å². The van der Waals surface area contributed by atoms with Crippen LogP contribution in [0.1, 0.15) is 145 Å². The van der Waals surface area contributed by atoms with Crippen molar-refractivity contribution in [3.63, 3.8) is 0 Å². The number of methoxy groups -OCH3 is 1. The van der Waals surface area contributed by atoms with Crippen LogP contribution >= 0.6 is 11.3 Å². The van der Waals surface area contributed by atoms with Gasteiger partial charge >= 0.3 is 17.9 Å². The second-order valence-electron chi connectivity index (χ2n) is 31.4. The molecule has 3 heterocycles. The molecule has 708 valence electrons. The zero-order chi connectivity index (χ0) is 91.3. The molecule has 2 aliphatic heterocycles. The normalized spacial score (nSPS) is 19.4. The monoisotopic (exact) mass is 1790 g/mol. The molecule has 6 amide bonds. The zero-order valence-corrected chi connectivity index (χ0v) is 75.0. The average Bonchev–Trinajstić information content (AvgIpc) is 1.35. The molecule has 2 aromatic carbocycles. The number of esters is 1. The fraction of sp³-hybridized carbons (Fsp3) is 0.721. The molecule has 0 saturated carbocycles. The first kappa shape index (κ1) is 108. The van der Waals surface area contributed by atoms with E-state index in [0.29, 0.717) is 208 Å². The van der Waals surface area contributed by atoms with E-state index in [2.05, 4.69) is 31.6 Å². The van der Waals surface area contributed by atoms with Crippen LogP contribution in [0.15, 0.2) is 53.9 Å². The average molecular weight is 1800 g/mol. The number of rotatable bonds is 69. The number of likely N-dealkylation sites (tertiary alicyclic amines) is 1. The number of carboxylic acids is 2. The van der Waals surface area contributed by atoms with Gasteiger partial charge in [-0.25, -0.2) is 9.78 Å². The number of benzene rings is 2. The Labute approximate surface area is 737 Å². The molecule has 5 rings (SSSR count). The lowest BCUT2D eigenvalue weighted by molar-refractivity contribution is -0.942. The highest BCUT2D eigenvalue weighted by Gasteiger charge is 2.49. The Morgan fingerprint density at radius 3 is 1.72 bits per heavy atom. The molecule has 38 nitrogen and oxygen atoms in total. The second-order valence-corrected chi connectivity index (χ2v) is 32.3. The predicted octanol–water partition coefficient (Wildman–Crippen LogP) is 3.35. The molecule has 0 aliphatic carbocycles. The molecular weight excluding hydrogens is 1660 g/mol. The number of amides is 6. The Morgan fingerprint density at radius 1 is 0.648 bits per heavy atom. The Kier molecular flexibility index (Phi) is 53.3. The van der Waals surface area contributed by atoms with Crippen LogP contribution < -0.4 is 37.1 Å². The lowest BCUT2D eigenvalue weighted by atomic mass is 9.92. The SMILES string of the molecule is CC[C@H](C)[C@H](NC(=O)[C@H]1CCCC[N+]1(C)Cc1ccc(O[C@@H]2O[C@H](C(=O)O)[C@@H](O)[C@H](O)[C@H]2O)c(NC(=O)CCNC(=O)[C@@H](N)CCCCNC(=O)CCOCCOCCOCCOCCOCCOCCOCCOCCOCCOCCOCCOC)c1)C(=O)N(C)[C@H](C[C@@H](OC(C)=O)c1nc(C(=O)N[C@@H](Cc2ccccc2)C[C@H](C)C(=O)O)cs1)C(C)C. The number of aliphatic hydroxyl groups excluding tert-OH is 3. The summed E-state index contributed by atoms with van der Waals surface area (Å²) in [5.74, 6) is -7.44. The summed E-state index contributed by atoms with van der Waals surface area (Å²) in [6, 6.07) is 10.2. The highest BCUT2D eigenvalue weighted by Crippen LogP contribution is 2.36. The third kappa shape index (κ3) is 42.0. The number of nitrogens with zero attached hydrogens (tertiary/aromatic N) is 3. The van der Waals surface area contributed by atoms with Gasteiger partial charge in [0.05, 0.1) is 183 Å². The first-order chi connectivity index (χ1) is 60.1. The molecule has 0 radical (unpaired) electrons. The summed E-state index contributed by atoms with van der Waals surface area (Å²) in [6.45, 7) is 21.3. The molecule has 0 spiro atoms. The maximum atomic E-state index is 15.1. The maximum Gasteiger partial charge on any atom is 0.335 e. The predicted molar refractivity (Wildman–Crippen MR) is 457 cm³/mol. The minimum absolute atomic E-state index is 0.00446. The topological polar surface area (TPSA) is 496 Å². The largest absolute Gasteiger partial charge is 0.481 e. The highest BCUT2D eigenvalue weighted by molar-refractivity contribution is 7.09. The van der Waals surface area contributed by atoms with Gasteiger partial charge < -0.3 is 138 Å². The number of unbranched alkanes of at least 4 members (excludes halogenated alkanes) is 1. The number of hydrogen-bond donors (Lipinski definition) is 11. The van der Waals surface area contributed by atoms with Crippen molar-refractivity contribution in [1.29, 1.82) is 0 Å². The molecular formula is C86H140N9O29S+. The lowest BCUT2D eigenvalue weighted by Gasteiger charge is -2.44. The van der Waals surface area contributed by atoms with E-state index in [1.807, 2.05) is 65.1 Å². The molecule has 125 heavy (non-hydrogen) atoms. The smallest absolute Gasteiger partial charge is 0.335 e. The third-order valence-corrected chi connectivity index (χ3v) is 22.1. The number of carboxylic acid groups (broad SMARTS) is 2. The summed E-state index contributed by atoms with van der Waals surface area (Å²) in [5, 5.41) is 67.9. The van der Waals surface area contributed by atoms with Crippen LogP contribution in [0.2, 0.25) is 0 Å². The minimum atomic E-state index is -2.02. The van der Waals surface area contributed by atoms with Crippen molar-refractivity contribution in [3.8, 4) is 5.75 Å². The third-order valence-electron chi connectivity index (χ3n) is 21.2. The number of ether oxygens (including phenoxy) is 15. The fourth-order valence-electron chi connectivity index (χ4n) is 13.9. The molecule has 1 unspecified atom stereocenters. The van der Waals surface area contributed by atoms with Gasteiger partial charge in [-0.1, -0.05) is 71.4 Å². The van der Waals surface area contributed by atoms with Crippen molar-refractivity contribution in [2.75, 3.05) is 198 Å². The minimum Gasteiger partial charge on any atom is -0.481 e. The van der Waals surface area contributed by atoms with Crippen molar-refractivity contribution in [2.24, 2.45) is 23.5 Å². The number of aromatic nitrogens is 1. The van der Waals surface area contributed by atoms with Crippen LogP contribution in [0.3, 0.4) is 0 Å². The van der Waals surface area contributed by atoms with Gasteiger partial charge in [0.1, 0.15) is 47.3 Å². The number of quaternary nitrogens is 1. The van der Waals surface area contributed by atoms with Gasteiger partial charge in [-0.3, -0.25) is 38.4 Å². The van der Waals surface area contributed by atoms with Crippen molar-refractivity contribution < 1.29 is 144 Å². The number of hydrogen-bond acceptors (Lipinski definition) is 30. The summed E-state index contributed by atoms with van der Waals surface area (Å²) >= 11 is 1.10. The van der Waals surface area contributed by atoms with Crippen LogP contribution in [0, 0.1) is 17.8 Å². The molecule has 2 aliphatic rings. The van der Waals surface area contributed by atoms with Gasteiger partial charge in [-0.15, -0.1) is 11.3 Å². The van der Waals surface area contributed by atoms with Gasteiger partial charge in [0.15, 0.2) is 18.2 Å². The van der Waals surface area contributed by atoms with Gasteiger partial charge in [-0.2, -0.15) is 0 Å². The molecule has 12 N–H and O–H groups in total. The molecule has 0 bridgehead atoms. The van der Waals surface area contributed by atoms with Crippen LogP contribution in [-0.4, -0.2) is 347 Å².